The number of allylic oxidation sites excluding steroid dienone is 9. The minimum absolute atomic E-state index is 0.0572. The number of unbranched alkanes of at least 4 members (excludes halogenated alkanes) is 29. The first-order chi connectivity index (χ1) is 41.2. The summed E-state index contributed by atoms with van der Waals surface area (Å²) < 4.78 is 0. The Balaban J connectivity index is 5.25. The summed E-state index contributed by atoms with van der Waals surface area (Å²) in [7, 11) is 0. The minimum atomic E-state index is -3.04. The van der Waals surface area contributed by atoms with Crippen LogP contribution in [0.1, 0.15) is 342 Å². The van der Waals surface area contributed by atoms with Crippen molar-refractivity contribution in [3.05, 3.63) is 72.9 Å². The molecule has 85 heavy (non-hydrogen) atoms. The van der Waals surface area contributed by atoms with E-state index in [1.54, 1.807) is 0 Å². The lowest BCUT2D eigenvalue weighted by atomic mass is 9.71. The van der Waals surface area contributed by atoms with E-state index in [9.17, 15) is 49.8 Å². The molecule has 10 nitrogen and oxygen atoms in total. The first-order valence-corrected chi connectivity index (χ1v) is 35.4. The number of hydrogen-bond acceptors (Lipinski definition) is 10. The Labute approximate surface area is 521 Å². The van der Waals surface area contributed by atoms with Crippen molar-refractivity contribution >= 4 is 23.1 Å². The van der Waals surface area contributed by atoms with Crippen molar-refractivity contribution in [3.63, 3.8) is 0 Å². The van der Waals surface area contributed by atoms with Crippen molar-refractivity contribution < 1.29 is 49.8 Å². The number of Topliss-reactive ketones (excluding diaryl/α,β-unsaturated/α-hetero) is 4. The van der Waals surface area contributed by atoms with E-state index >= 15 is 0 Å². The van der Waals surface area contributed by atoms with Crippen LogP contribution in [0.5, 0.6) is 0 Å². The molecular formula is C75H132O10. The molecule has 0 aliphatic heterocycles. The molecule has 10 heteroatoms. The first kappa shape index (κ1) is 81.9. The Morgan fingerprint density at radius 1 is 0.353 bits per heavy atom. The SMILES string of the molecule is CC/C=C\C/C=C\C/C=C\CCCCCCCC(=O)C(O)(C(=O)CCCCCCC/C=C\CC(O)CCCCCC)C(O)(CO)C(=O)CCCCCCC/C=C\CC(O)(CCCCCC)C(=O)CCCCCCC/C=C\CC(O)CCCCCC. The molecule has 0 radical (unpaired) electrons. The summed E-state index contributed by atoms with van der Waals surface area (Å²) in [5.41, 5.74) is -7.32. The molecule has 0 spiro atoms. The van der Waals surface area contributed by atoms with Gasteiger partial charge in [0.2, 0.25) is 5.60 Å². The topological polar surface area (TPSA) is 190 Å². The number of ketones is 4. The summed E-state index contributed by atoms with van der Waals surface area (Å²) in [4.78, 5) is 55.3. The zero-order valence-electron chi connectivity index (χ0n) is 55.3. The highest BCUT2D eigenvalue weighted by Crippen LogP contribution is 2.33. The maximum Gasteiger partial charge on any atom is 0.219 e. The molecule has 0 aromatic heterocycles. The Morgan fingerprint density at radius 3 is 1.09 bits per heavy atom. The molecule has 0 fully saturated rings. The van der Waals surface area contributed by atoms with E-state index in [0.717, 1.165) is 199 Å². The molecule has 0 heterocycles. The fourth-order valence-electron chi connectivity index (χ4n) is 11.1. The van der Waals surface area contributed by atoms with Gasteiger partial charge in [-0.15, -0.1) is 0 Å². The van der Waals surface area contributed by atoms with E-state index in [1.165, 1.54) is 32.1 Å². The predicted molar refractivity (Wildman–Crippen MR) is 358 cm³/mol. The van der Waals surface area contributed by atoms with Crippen molar-refractivity contribution in [3.8, 4) is 0 Å². The second-order valence-corrected chi connectivity index (χ2v) is 24.9. The van der Waals surface area contributed by atoms with Gasteiger partial charge in [-0.25, -0.2) is 0 Å². The lowest BCUT2D eigenvalue weighted by Gasteiger charge is -2.39. The number of rotatable bonds is 64. The van der Waals surface area contributed by atoms with Crippen LogP contribution in [-0.4, -0.2) is 89.4 Å². The smallest absolute Gasteiger partial charge is 0.219 e. The number of aliphatic hydroxyl groups is 6. The van der Waals surface area contributed by atoms with Crippen molar-refractivity contribution in [2.24, 2.45) is 0 Å². The standard InChI is InChI=1S/C75H132O10/c1-5-9-13-17-18-19-20-21-22-23-24-25-36-43-52-62-71(81)75(85,72(82)63-53-44-37-29-27-33-40-49-59-68(78)57-47-15-11-7-3)74(84,66-76)70(80)61-51-42-35-30-31-38-45-55-65-73(83,64-54-16-12-8-4)69(79)60-50-41-34-28-26-32-39-48-58-67(77)56-46-14-10-6-2/h9,13,18-19,21-22,39-40,45,48-49,55,67-68,76-78,83-85H,5-8,10-12,14-17,20,23-38,41-44,46-47,50-54,56-66H2,1-4H3/b13-9-,19-18-,22-21-,48-39-,49-40-,55-45-. The van der Waals surface area contributed by atoms with Crippen LogP contribution in [0.3, 0.4) is 0 Å². The molecule has 0 saturated heterocycles. The second kappa shape index (κ2) is 57.3. The molecule has 5 unspecified atom stereocenters. The summed E-state index contributed by atoms with van der Waals surface area (Å²) in [5, 5.41) is 66.6. The van der Waals surface area contributed by atoms with Gasteiger partial charge in [-0.05, 0) is 128 Å². The number of carbonyl (C=O) groups excluding carboxylic acids is 4. The molecule has 0 aromatic rings. The maximum absolute atomic E-state index is 14.0. The van der Waals surface area contributed by atoms with Gasteiger partial charge in [-0.1, -0.05) is 255 Å². The van der Waals surface area contributed by atoms with Gasteiger partial charge in [-0.2, -0.15) is 0 Å². The molecule has 0 aliphatic rings. The average Bonchev–Trinajstić information content (AvgIpc) is 1.97. The van der Waals surface area contributed by atoms with Gasteiger partial charge in [0.1, 0.15) is 5.60 Å². The normalized spacial score (nSPS) is 15.3. The van der Waals surface area contributed by atoms with Crippen molar-refractivity contribution in [1.29, 1.82) is 0 Å². The maximum atomic E-state index is 14.0. The van der Waals surface area contributed by atoms with Gasteiger partial charge in [-0.3, -0.25) is 19.2 Å². The fraction of sp³-hybridized carbons (Fsp3) is 0.787. The summed E-state index contributed by atoms with van der Waals surface area (Å²) in [5.74, 6) is -2.77. The van der Waals surface area contributed by atoms with Crippen LogP contribution >= 0.6 is 0 Å². The lowest BCUT2D eigenvalue weighted by Crippen LogP contribution is -2.69. The summed E-state index contributed by atoms with van der Waals surface area (Å²) in [6.45, 7) is 7.42. The molecule has 5 atom stereocenters. The molecule has 0 rings (SSSR count). The van der Waals surface area contributed by atoms with Crippen LogP contribution in [0.25, 0.3) is 0 Å². The van der Waals surface area contributed by atoms with Crippen molar-refractivity contribution in [2.45, 2.75) is 371 Å². The number of carbonyl (C=O) groups is 4. The molecule has 0 aromatic carbocycles. The van der Waals surface area contributed by atoms with Gasteiger partial charge in [0.25, 0.3) is 0 Å². The molecule has 0 bridgehead atoms. The summed E-state index contributed by atoms with van der Waals surface area (Å²) in [6, 6.07) is 0. The van der Waals surface area contributed by atoms with Gasteiger partial charge in [0.05, 0.1) is 18.8 Å². The predicted octanol–water partition coefficient (Wildman–Crippen LogP) is 18.7. The Morgan fingerprint density at radius 2 is 0.682 bits per heavy atom. The third-order valence-electron chi connectivity index (χ3n) is 17.0. The fourth-order valence-corrected chi connectivity index (χ4v) is 11.1. The Kier molecular flexibility index (Phi) is 55.2. The quantitative estimate of drug-likeness (QED) is 0.0194. The highest BCUT2D eigenvalue weighted by atomic mass is 16.4. The third-order valence-corrected chi connectivity index (χ3v) is 17.0. The van der Waals surface area contributed by atoms with Crippen LogP contribution < -0.4 is 0 Å². The van der Waals surface area contributed by atoms with E-state index in [2.05, 4.69) is 88.5 Å². The van der Waals surface area contributed by atoms with Crippen LogP contribution in [0.2, 0.25) is 0 Å². The van der Waals surface area contributed by atoms with Crippen molar-refractivity contribution in [2.75, 3.05) is 6.61 Å². The van der Waals surface area contributed by atoms with E-state index in [1.807, 2.05) is 12.2 Å². The first-order valence-electron chi connectivity index (χ1n) is 35.4. The highest BCUT2D eigenvalue weighted by Gasteiger charge is 2.62. The molecule has 0 saturated carbocycles. The zero-order chi connectivity index (χ0) is 62.8. The largest absolute Gasteiger partial charge is 0.393 e. The highest BCUT2D eigenvalue weighted by molar-refractivity contribution is 6.16. The van der Waals surface area contributed by atoms with Gasteiger partial charge < -0.3 is 30.6 Å². The molecule has 492 valence electrons. The van der Waals surface area contributed by atoms with Crippen molar-refractivity contribution in [1.82, 2.24) is 0 Å². The van der Waals surface area contributed by atoms with Gasteiger partial charge in [0.15, 0.2) is 28.7 Å². The lowest BCUT2D eigenvalue weighted by molar-refractivity contribution is -0.194. The molecular weight excluding hydrogens is 1060 g/mol. The van der Waals surface area contributed by atoms with Gasteiger partial charge in [0, 0.05) is 32.1 Å². The zero-order valence-corrected chi connectivity index (χ0v) is 55.3. The summed E-state index contributed by atoms with van der Waals surface area (Å²) in [6.07, 6.45) is 64.9. The van der Waals surface area contributed by atoms with E-state index < -0.39 is 40.8 Å². The minimum Gasteiger partial charge on any atom is -0.393 e. The second-order valence-electron chi connectivity index (χ2n) is 24.9. The monoisotopic (exact) mass is 1190 g/mol. The molecule has 6 N–H and O–H groups in total. The number of hydrogen-bond donors (Lipinski definition) is 6. The van der Waals surface area contributed by atoms with Crippen LogP contribution in [-0.2, 0) is 19.2 Å². The Bertz CT molecular complexity index is 1800. The number of aliphatic hydroxyl groups excluding tert-OH is 3. The third kappa shape index (κ3) is 42.5. The van der Waals surface area contributed by atoms with E-state index in [4.69, 9.17) is 0 Å². The van der Waals surface area contributed by atoms with Crippen LogP contribution in [0, 0.1) is 0 Å². The average molecular weight is 1190 g/mol. The van der Waals surface area contributed by atoms with E-state index in [0.29, 0.717) is 64.2 Å². The Hall–Kier alpha value is -3.12. The summed E-state index contributed by atoms with van der Waals surface area (Å²) >= 11 is 0. The van der Waals surface area contributed by atoms with E-state index in [-0.39, 0.29) is 37.3 Å². The molecule has 0 amide bonds. The molecule has 0 aliphatic carbocycles. The van der Waals surface area contributed by atoms with Crippen LogP contribution in [0.4, 0.5) is 0 Å². The van der Waals surface area contributed by atoms with Gasteiger partial charge >= 0.3 is 0 Å². The van der Waals surface area contributed by atoms with Crippen LogP contribution in [0.15, 0.2) is 72.9 Å².